The van der Waals surface area contributed by atoms with E-state index in [2.05, 4.69) is 10.2 Å². The predicted octanol–water partition coefficient (Wildman–Crippen LogP) is 4.77. The molecule has 0 unspecified atom stereocenters. The molecule has 0 aliphatic carbocycles. The van der Waals surface area contributed by atoms with Crippen LogP contribution in [-0.2, 0) is 11.8 Å². The van der Waals surface area contributed by atoms with Gasteiger partial charge in [0.05, 0.1) is 14.2 Å². The van der Waals surface area contributed by atoms with Gasteiger partial charge in [-0.25, -0.2) is 4.79 Å². The summed E-state index contributed by atoms with van der Waals surface area (Å²) < 4.78 is 18.3. The van der Waals surface area contributed by atoms with Gasteiger partial charge in [0.25, 0.3) is 5.22 Å². The van der Waals surface area contributed by atoms with E-state index < -0.39 is 5.97 Å². The minimum atomic E-state index is -1.08. The number of hydrogen-bond donors (Lipinski definition) is 1. The number of fused-ring (bicyclic) bond motifs is 1. The number of para-hydroxylation sites is 1. The summed E-state index contributed by atoms with van der Waals surface area (Å²) in [6.07, 6.45) is 1.64. The van der Waals surface area contributed by atoms with Gasteiger partial charge in [0.1, 0.15) is 16.4 Å². The number of carbonyl (C=O) groups is 1. The summed E-state index contributed by atoms with van der Waals surface area (Å²) in [6.45, 7) is 1.96. The van der Waals surface area contributed by atoms with Gasteiger partial charge in [0.15, 0.2) is 0 Å². The van der Waals surface area contributed by atoms with E-state index in [4.69, 9.17) is 13.9 Å². The van der Waals surface area contributed by atoms with Crippen LogP contribution in [0.15, 0.2) is 57.0 Å². The van der Waals surface area contributed by atoms with Gasteiger partial charge in [0.2, 0.25) is 5.89 Å². The molecule has 32 heavy (non-hydrogen) atoms. The van der Waals surface area contributed by atoms with Crippen molar-refractivity contribution in [3.8, 4) is 23.0 Å². The fourth-order valence-electron chi connectivity index (χ4n) is 3.39. The Morgan fingerprint density at radius 1 is 1.12 bits per heavy atom. The van der Waals surface area contributed by atoms with E-state index in [1.165, 1.54) is 0 Å². The third-order valence-electron chi connectivity index (χ3n) is 5.14. The summed E-state index contributed by atoms with van der Waals surface area (Å²) in [4.78, 5) is 12.1. The van der Waals surface area contributed by atoms with Crippen molar-refractivity contribution in [2.45, 2.75) is 12.1 Å². The monoisotopic (exact) mass is 451 g/mol. The first-order chi connectivity index (χ1) is 15.4. The van der Waals surface area contributed by atoms with Crippen LogP contribution in [0, 0.1) is 6.92 Å². The summed E-state index contributed by atoms with van der Waals surface area (Å²) in [5.41, 5.74) is 3.43. The molecule has 4 aromatic rings. The minimum Gasteiger partial charge on any atom is -0.497 e. The summed E-state index contributed by atoms with van der Waals surface area (Å²) >= 11 is 0.903. The number of aromatic nitrogens is 3. The first-order valence-corrected chi connectivity index (χ1v) is 10.5. The fourth-order valence-corrected chi connectivity index (χ4v) is 4.05. The molecule has 0 aliphatic rings. The maximum atomic E-state index is 12.0. The Morgan fingerprint density at radius 2 is 1.81 bits per heavy atom. The highest BCUT2D eigenvalue weighted by Crippen LogP contribution is 2.35. The quantitative estimate of drug-likeness (QED) is 0.317. The average Bonchev–Trinajstić information content (AvgIpc) is 3.37. The first kappa shape index (κ1) is 21.5. The summed E-state index contributed by atoms with van der Waals surface area (Å²) in [5, 5.41) is 19.0. The lowest BCUT2D eigenvalue weighted by Gasteiger charge is -2.05. The number of ether oxygens (including phenoxy) is 2. The zero-order valence-electron chi connectivity index (χ0n) is 17.9. The molecule has 2 aromatic heterocycles. The van der Waals surface area contributed by atoms with E-state index in [1.54, 1.807) is 38.5 Å². The van der Waals surface area contributed by atoms with Crippen molar-refractivity contribution in [1.29, 1.82) is 0 Å². The van der Waals surface area contributed by atoms with Crippen LogP contribution in [0.25, 0.3) is 28.4 Å². The molecular formula is C23H21N3O5S. The number of aryl methyl sites for hydroxylation is 1. The smallest absolute Gasteiger partial charge is 0.342 e. The Morgan fingerprint density at radius 3 is 2.47 bits per heavy atom. The maximum absolute atomic E-state index is 12.0. The number of nitrogens with zero attached hydrogens (tertiary/aromatic N) is 3. The largest absolute Gasteiger partial charge is 0.497 e. The van der Waals surface area contributed by atoms with Gasteiger partial charge >= 0.3 is 5.97 Å². The van der Waals surface area contributed by atoms with Crippen LogP contribution in [0.1, 0.15) is 11.3 Å². The summed E-state index contributed by atoms with van der Waals surface area (Å²) in [7, 11) is 5.05. The Kier molecular flexibility index (Phi) is 5.91. The maximum Gasteiger partial charge on any atom is 0.342 e. The number of benzene rings is 2. The molecule has 9 heteroatoms. The van der Waals surface area contributed by atoms with Gasteiger partial charge in [-0.05, 0) is 43.0 Å². The van der Waals surface area contributed by atoms with Crippen molar-refractivity contribution in [2.24, 2.45) is 7.05 Å². The lowest BCUT2D eigenvalue weighted by Crippen LogP contribution is -1.97. The highest BCUT2D eigenvalue weighted by molar-refractivity contribution is 8.03. The molecule has 0 amide bonds. The SMILES string of the molecule is COc1cc(OC)cc(-c2nnc(S/C(=C\c3c(C)n(C)c4ccccc34)C(=O)O)o2)c1. The Hall–Kier alpha value is -3.72. The molecule has 164 valence electrons. The van der Waals surface area contributed by atoms with E-state index in [9.17, 15) is 9.90 Å². The lowest BCUT2D eigenvalue weighted by molar-refractivity contribution is -0.131. The van der Waals surface area contributed by atoms with Crippen molar-refractivity contribution >= 4 is 34.7 Å². The third-order valence-corrected chi connectivity index (χ3v) is 5.99. The molecule has 0 spiro atoms. The molecule has 0 aliphatic heterocycles. The molecule has 8 nitrogen and oxygen atoms in total. The second kappa shape index (κ2) is 8.80. The number of hydrogen-bond acceptors (Lipinski definition) is 7. The second-order valence-electron chi connectivity index (χ2n) is 6.97. The molecule has 0 radical (unpaired) electrons. The van der Waals surface area contributed by atoms with Crippen LogP contribution < -0.4 is 9.47 Å². The predicted molar refractivity (Wildman–Crippen MR) is 122 cm³/mol. The van der Waals surface area contributed by atoms with Crippen molar-refractivity contribution in [3.63, 3.8) is 0 Å². The first-order valence-electron chi connectivity index (χ1n) is 9.65. The van der Waals surface area contributed by atoms with Gasteiger partial charge in [0, 0.05) is 40.8 Å². The summed E-state index contributed by atoms with van der Waals surface area (Å²) in [6, 6.07) is 13.1. The number of carboxylic acid groups (broad SMARTS) is 1. The number of aliphatic carboxylic acids is 1. The highest BCUT2D eigenvalue weighted by Gasteiger charge is 2.19. The molecule has 1 N–H and O–H groups in total. The van der Waals surface area contributed by atoms with Crippen LogP contribution in [0.4, 0.5) is 0 Å². The van der Waals surface area contributed by atoms with E-state index in [1.807, 2.05) is 42.8 Å². The van der Waals surface area contributed by atoms with Gasteiger partial charge in [-0.2, -0.15) is 0 Å². The van der Waals surface area contributed by atoms with Crippen LogP contribution in [0.5, 0.6) is 11.5 Å². The molecular weight excluding hydrogens is 430 g/mol. The topological polar surface area (TPSA) is 99.6 Å². The van der Waals surface area contributed by atoms with Crippen LogP contribution in [-0.4, -0.2) is 40.1 Å². The van der Waals surface area contributed by atoms with Crippen molar-refractivity contribution in [3.05, 3.63) is 58.6 Å². The van der Waals surface area contributed by atoms with Crippen molar-refractivity contribution in [2.75, 3.05) is 14.2 Å². The summed E-state index contributed by atoms with van der Waals surface area (Å²) in [5.74, 6) is 0.300. The van der Waals surface area contributed by atoms with E-state index in [-0.39, 0.29) is 16.0 Å². The van der Waals surface area contributed by atoms with Crippen LogP contribution >= 0.6 is 11.8 Å². The number of thioether (sulfide) groups is 1. The molecule has 4 rings (SSSR count). The Balaban J connectivity index is 1.69. The molecule has 0 saturated heterocycles. The van der Waals surface area contributed by atoms with Crippen LogP contribution in [0.2, 0.25) is 0 Å². The average molecular weight is 452 g/mol. The highest BCUT2D eigenvalue weighted by atomic mass is 32.2. The van der Waals surface area contributed by atoms with E-state index in [0.717, 1.165) is 33.9 Å². The number of methoxy groups -OCH3 is 2. The zero-order valence-corrected chi connectivity index (χ0v) is 18.8. The van der Waals surface area contributed by atoms with Gasteiger partial charge < -0.3 is 23.6 Å². The minimum absolute atomic E-state index is 0.0721. The number of rotatable bonds is 7. The lowest BCUT2D eigenvalue weighted by atomic mass is 10.1. The molecule has 0 bridgehead atoms. The van der Waals surface area contributed by atoms with E-state index in [0.29, 0.717) is 17.1 Å². The fraction of sp³-hybridized carbons (Fsp3) is 0.174. The Labute approximate surface area is 188 Å². The van der Waals surface area contributed by atoms with Crippen LogP contribution in [0.3, 0.4) is 0 Å². The van der Waals surface area contributed by atoms with Gasteiger partial charge in [-0.1, -0.05) is 18.2 Å². The molecule has 0 saturated carbocycles. The molecule has 0 fully saturated rings. The Bertz CT molecular complexity index is 1320. The molecule has 2 aromatic carbocycles. The molecule has 0 atom stereocenters. The van der Waals surface area contributed by atoms with Crippen molar-refractivity contribution in [1.82, 2.24) is 14.8 Å². The van der Waals surface area contributed by atoms with Gasteiger partial charge in [-0.15, -0.1) is 10.2 Å². The number of carboxylic acids is 1. The van der Waals surface area contributed by atoms with Gasteiger partial charge in [-0.3, -0.25) is 0 Å². The molecule has 2 heterocycles. The third kappa shape index (κ3) is 4.06. The standard InChI is InChI=1S/C23H21N3O5S/c1-13-18(17-7-5-6-8-19(17)26(13)2)12-20(22(27)28)32-23-25-24-21(31-23)14-9-15(29-3)11-16(10-14)30-4/h5-12H,1-4H3,(H,27,28)/b20-12-. The van der Waals surface area contributed by atoms with Crippen molar-refractivity contribution < 1.29 is 23.8 Å². The normalized spacial score (nSPS) is 11.7. The van der Waals surface area contributed by atoms with E-state index >= 15 is 0 Å². The zero-order chi connectivity index (χ0) is 22.8. The second-order valence-corrected chi connectivity index (χ2v) is 7.96.